The Hall–Kier alpha value is -2.52. The van der Waals surface area contributed by atoms with Gasteiger partial charge in [0.05, 0.1) is 5.52 Å². The van der Waals surface area contributed by atoms with E-state index in [1.54, 1.807) is 0 Å². The summed E-state index contributed by atoms with van der Waals surface area (Å²) < 4.78 is 0. The summed E-state index contributed by atoms with van der Waals surface area (Å²) in [4.78, 5) is 20.9. The summed E-state index contributed by atoms with van der Waals surface area (Å²) in [5, 5.41) is 1.21. The van der Waals surface area contributed by atoms with Gasteiger partial charge in [0.15, 0.2) is 5.78 Å². The van der Waals surface area contributed by atoms with Crippen molar-refractivity contribution in [3.8, 4) is 0 Å². The third-order valence-electron chi connectivity index (χ3n) is 8.11. The maximum absolute atomic E-state index is 13.6. The number of hydrogen-bond acceptors (Lipinski definition) is 3. The van der Waals surface area contributed by atoms with Crippen LogP contribution in [0.1, 0.15) is 65.6 Å². The molecule has 0 saturated carbocycles. The van der Waals surface area contributed by atoms with Gasteiger partial charge in [0.2, 0.25) is 0 Å². The van der Waals surface area contributed by atoms with Crippen LogP contribution in [0.15, 0.2) is 54.7 Å². The van der Waals surface area contributed by atoms with Crippen LogP contribution in [-0.2, 0) is 0 Å². The quantitative estimate of drug-likeness (QED) is 0.432. The predicted molar refractivity (Wildman–Crippen MR) is 131 cm³/mol. The Morgan fingerprint density at radius 2 is 2.00 bits per heavy atom. The maximum atomic E-state index is 13.6. The van der Waals surface area contributed by atoms with Gasteiger partial charge in [-0.1, -0.05) is 49.2 Å². The molecule has 3 aliphatic heterocycles. The summed E-state index contributed by atoms with van der Waals surface area (Å²) in [7, 11) is 0. The lowest BCUT2D eigenvalue weighted by atomic mass is 9.69. The van der Waals surface area contributed by atoms with Gasteiger partial charge >= 0.3 is 0 Å². The fourth-order valence-electron chi connectivity index (χ4n) is 6.31. The van der Waals surface area contributed by atoms with Gasteiger partial charge < -0.3 is 0 Å². The summed E-state index contributed by atoms with van der Waals surface area (Å²) in [6.45, 7) is 8.87. The molecule has 4 heterocycles. The Morgan fingerprint density at radius 3 is 2.75 bits per heavy atom. The molecule has 2 aromatic carbocycles. The fourth-order valence-corrected chi connectivity index (χ4v) is 6.31. The van der Waals surface area contributed by atoms with Crippen LogP contribution in [0.2, 0.25) is 0 Å². The zero-order valence-corrected chi connectivity index (χ0v) is 19.6. The van der Waals surface area contributed by atoms with Gasteiger partial charge in [-0.15, -0.1) is 0 Å². The number of piperidine rings is 3. The van der Waals surface area contributed by atoms with Gasteiger partial charge in [0, 0.05) is 42.1 Å². The van der Waals surface area contributed by atoms with Crippen molar-refractivity contribution in [3.05, 3.63) is 77.0 Å². The van der Waals surface area contributed by atoms with Crippen molar-refractivity contribution in [3.63, 3.8) is 0 Å². The fraction of sp³-hybridized carbons (Fsp3) is 0.448. The molecule has 3 heteroatoms. The molecular formula is C29H34N2O. The lowest BCUT2D eigenvalue weighted by Crippen LogP contribution is -2.55. The zero-order chi connectivity index (χ0) is 22.2. The second-order valence-corrected chi connectivity index (χ2v) is 9.98. The lowest BCUT2D eigenvalue weighted by Gasteiger charge is -2.52. The molecule has 0 spiro atoms. The lowest BCUT2D eigenvalue weighted by molar-refractivity contribution is -0.0117. The van der Waals surface area contributed by atoms with Crippen LogP contribution in [-0.4, -0.2) is 34.8 Å². The Kier molecular flexibility index (Phi) is 5.86. The number of benzene rings is 2. The highest BCUT2D eigenvalue weighted by Gasteiger charge is 2.43. The Bertz CT molecular complexity index is 1140. The van der Waals surface area contributed by atoms with Gasteiger partial charge in [-0.25, -0.2) is 0 Å². The first-order chi connectivity index (χ1) is 15.5. The second kappa shape index (κ2) is 8.78. The summed E-state index contributed by atoms with van der Waals surface area (Å²) in [5.74, 6) is 2.06. The number of hydrogen-bond donors (Lipinski definition) is 0. The predicted octanol–water partition coefficient (Wildman–Crippen LogP) is 6.33. The number of carbonyl (C=O) groups excluding carboxylic acids is 1. The van der Waals surface area contributed by atoms with Crippen LogP contribution in [0.25, 0.3) is 10.9 Å². The van der Waals surface area contributed by atoms with E-state index in [0.717, 1.165) is 28.5 Å². The molecule has 2 bridgehead atoms. The number of Topliss-reactive ketones (excluding diaryl/α,β-unsaturated/α-hetero) is 1. The minimum Gasteiger partial charge on any atom is -0.299 e. The number of fused-ring (bicyclic) bond motifs is 4. The molecule has 0 N–H and O–H groups in total. The normalized spacial score (nSPS) is 25.7. The minimum absolute atomic E-state index is 0.190. The molecule has 5 atom stereocenters. The molecule has 32 heavy (non-hydrogen) atoms. The highest BCUT2D eigenvalue weighted by molar-refractivity contribution is 5.98. The van der Waals surface area contributed by atoms with Crippen molar-refractivity contribution in [1.29, 1.82) is 0 Å². The second-order valence-electron chi connectivity index (χ2n) is 9.98. The standard InChI is InChI=1S/C29H34N2O/c1-4-21-18-31-14-12-22(21)16-28(31)26(17-29(32)23-8-6-5-7-20(23)3)24-11-13-30-27-10-9-19(2)15-25(24)27/h5-11,13,15,21-22,26,28H,4,12,14,16-18H2,1-3H3/t21-,22-,26+,28-/m0/s1. The van der Waals surface area contributed by atoms with E-state index in [1.807, 2.05) is 37.4 Å². The van der Waals surface area contributed by atoms with E-state index in [4.69, 9.17) is 0 Å². The van der Waals surface area contributed by atoms with E-state index in [1.165, 1.54) is 48.9 Å². The first-order valence-electron chi connectivity index (χ1n) is 12.2. The minimum atomic E-state index is 0.190. The Morgan fingerprint density at radius 1 is 1.16 bits per heavy atom. The van der Waals surface area contributed by atoms with Crippen molar-refractivity contribution in [1.82, 2.24) is 9.88 Å². The van der Waals surface area contributed by atoms with Crippen LogP contribution in [0.4, 0.5) is 0 Å². The van der Waals surface area contributed by atoms with Gasteiger partial charge in [0.1, 0.15) is 0 Å². The summed E-state index contributed by atoms with van der Waals surface area (Å²) in [6, 6.07) is 17.1. The van der Waals surface area contributed by atoms with E-state index >= 15 is 0 Å². The van der Waals surface area contributed by atoms with Crippen LogP contribution >= 0.6 is 0 Å². The number of aromatic nitrogens is 1. The van der Waals surface area contributed by atoms with Crippen molar-refractivity contribution in [2.45, 2.75) is 58.4 Å². The van der Waals surface area contributed by atoms with Crippen molar-refractivity contribution >= 4 is 16.7 Å². The zero-order valence-electron chi connectivity index (χ0n) is 19.6. The molecule has 3 saturated heterocycles. The summed E-state index contributed by atoms with van der Waals surface area (Å²) in [6.07, 6.45) is 6.27. The largest absolute Gasteiger partial charge is 0.299 e. The molecule has 3 aromatic rings. The van der Waals surface area contributed by atoms with E-state index in [-0.39, 0.29) is 11.7 Å². The number of rotatable bonds is 6. The number of ketones is 1. The smallest absolute Gasteiger partial charge is 0.163 e. The average molecular weight is 427 g/mol. The molecule has 3 fully saturated rings. The first kappa shape index (κ1) is 21.3. The third-order valence-corrected chi connectivity index (χ3v) is 8.11. The molecule has 166 valence electrons. The van der Waals surface area contributed by atoms with Crippen molar-refractivity contribution in [2.75, 3.05) is 13.1 Å². The van der Waals surface area contributed by atoms with Crippen LogP contribution in [0.3, 0.4) is 0 Å². The van der Waals surface area contributed by atoms with E-state index in [2.05, 4.69) is 48.0 Å². The molecule has 0 radical (unpaired) electrons. The molecule has 6 rings (SSSR count). The topological polar surface area (TPSA) is 33.2 Å². The van der Waals surface area contributed by atoms with Crippen LogP contribution < -0.4 is 0 Å². The van der Waals surface area contributed by atoms with E-state index in [9.17, 15) is 4.79 Å². The SMILES string of the molecule is CC[C@H]1CN2CC[C@H]1C[C@H]2[C@H](CC(=O)c1ccccc1C)c1ccnc2ccc(C)cc12. The van der Waals surface area contributed by atoms with Gasteiger partial charge in [-0.2, -0.15) is 0 Å². The number of pyridine rings is 1. The highest BCUT2D eigenvalue weighted by Crippen LogP contribution is 2.45. The number of aryl methyl sites for hydroxylation is 2. The van der Waals surface area contributed by atoms with Crippen molar-refractivity contribution < 1.29 is 4.79 Å². The van der Waals surface area contributed by atoms with Gasteiger partial charge in [-0.05, 0) is 74.4 Å². The number of carbonyl (C=O) groups is 1. The molecule has 1 unspecified atom stereocenters. The molecule has 1 aromatic heterocycles. The molecule has 3 nitrogen and oxygen atoms in total. The maximum Gasteiger partial charge on any atom is 0.163 e. The van der Waals surface area contributed by atoms with Crippen LogP contribution in [0.5, 0.6) is 0 Å². The van der Waals surface area contributed by atoms with Crippen molar-refractivity contribution in [2.24, 2.45) is 11.8 Å². The van der Waals surface area contributed by atoms with E-state index < -0.39 is 0 Å². The molecular weight excluding hydrogens is 392 g/mol. The number of nitrogens with zero attached hydrogens (tertiary/aromatic N) is 2. The average Bonchev–Trinajstić information content (AvgIpc) is 2.82. The summed E-state index contributed by atoms with van der Waals surface area (Å²) in [5.41, 5.74) is 5.51. The Balaban J connectivity index is 1.57. The monoisotopic (exact) mass is 426 g/mol. The molecule has 3 aliphatic rings. The Labute approximate surface area is 191 Å². The highest BCUT2D eigenvalue weighted by atomic mass is 16.1. The van der Waals surface area contributed by atoms with Gasteiger partial charge in [0.25, 0.3) is 0 Å². The third kappa shape index (κ3) is 3.88. The molecule has 0 aliphatic carbocycles. The molecule has 0 amide bonds. The van der Waals surface area contributed by atoms with E-state index in [0.29, 0.717) is 12.5 Å². The van der Waals surface area contributed by atoms with Crippen LogP contribution in [0, 0.1) is 25.7 Å². The summed E-state index contributed by atoms with van der Waals surface area (Å²) >= 11 is 0. The first-order valence-corrected chi connectivity index (χ1v) is 12.2. The van der Waals surface area contributed by atoms with Gasteiger partial charge in [-0.3, -0.25) is 14.7 Å².